The lowest BCUT2D eigenvalue weighted by atomic mass is 9.94. The van der Waals surface area contributed by atoms with Crippen molar-refractivity contribution in [3.05, 3.63) is 0 Å². The highest BCUT2D eigenvalue weighted by Gasteiger charge is 2.45. The first-order chi connectivity index (χ1) is 7.39. The van der Waals surface area contributed by atoms with Gasteiger partial charge in [-0.05, 0) is 34.1 Å². The van der Waals surface area contributed by atoms with E-state index >= 15 is 0 Å². The van der Waals surface area contributed by atoms with E-state index in [0.717, 1.165) is 13.0 Å². The van der Waals surface area contributed by atoms with Crippen LogP contribution in [0.15, 0.2) is 0 Å². The summed E-state index contributed by atoms with van der Waals surface area (Å²) in [6.45, 7) is 10.7. The Balaban J connectivity index is 1.84. The summed E-state index contributed by atoms with van der Waals surface area (Å²) < 4.78 is 16.8. The third-order valence-electron chi connectivity index (χ3n) is 3.30. The van der Waals surface area contributed by atoms with Crippen molar-refractivity contribution in [3.63, 3.8) is 0 Å². The van der Waals surface area contributed by atoms with Crippen LogP contribution in [0.3, 0.4) is 0 Å². The topological polar surface area (TPSA) is 39.7 Å². The first-order valence-corrected chi connectivity index (χ1v) is 6.06. The zero-order valence-electron chi connectivity index (χ0n) is 10.7. The zero-order valence-corrected chi connectivity index (χ0v) is 10.7. The van der Waals surface area contributed by atoms with Crippen LogP contribution in [0, 0.1) is 0 Å². The summed E-state index contributed by atoms with van der Waals surface area (Å²) >= 11 is 0. The van der Waals surface area contributed by atoms with Gasteiger partial charge in [0.15, 0.2) is 6.29 Å². The second-order valence-electron chi connectivity index (χ2n) is 5.80. The zero-order chi connectivity index (χ0) is 11.8. The van der Waals surface area contributed by atoms with E-state index in [1.165, 1.54) is 0 Å². The van der Waals surface area contributed by atoms with E-state index < -0.39 is 0 Å². The maximum absolute atomic E-state index is 6.02. The molecule has 0 aromatic rings. The summed E-state index contributed by atoms with van der Waals surface area (Å²) in [5, 5.41) is 3.49. The van der Waals surface area contributed by atoms with Gasteiger partial charge in [-0.3, -0.25) is 0 Å². The third-order valence-corrected chi connectivity index (χ3v) is 3.30. The smallest absolute Gasteiger partial charge is 0.170 e. The molecule has 1 N–H and O–H groups in total. The molecule has 0 radical (unpaired) electrons. The Morgan fingerprint density at radius 1 is 1.12 bits per heavy atom. The van der Waals surface area contributed by atoms with Crippen molar-refractivity contribution in [1.29, 1.82) is 0 Å². The minimum Gasteiger partial charge on any atom is -0.368 e. The third kappa shape index (κ3) is 2.74. The molecule has 0 aromatic carbocycles. The van der Waals surface area contributed by atoms with Crippen molar-refractivity contribution in [3.8, 4) is 0 Å². The van der Waals surface area contributed by atoms with Crippen LogP contribution in [0.2, 0.25) is 0 Å². The SMILES string of the molecule is CC1(C)CC(NCC2OCCO2)C(C)(C)O1. The highest BCUT2D eigenvalue weighted by Crippen LogP contribution is 2.37. The van der Waals surface area contributed by atoms with Crippen LogP contribution in [0.5, 0.6) is 0 Å². The highest BCUT2D eigenvalue weighted by molar-refractivity contribution is 4.98. The van der Waals surface area contributed by atoms with Gasteiger partial charge in [0, 0.05) is 12.6 Å². The molecule has 0 aromatic heterocycles. The van der Waals surface area contributed by atoms with Crippen LogP contribution in [0.4, 0.5) is 0 Å². The predicted molar refractivity (Wildman–Crippen MR) is 61.3 cm³/mol. The van der Waals surface area contributed by atoms with Crippen molar-refractivity contribution >= 4 is 0 Å². The number of hydrogen-bond donors (Lipinski definition) is 1. The van der Waals surface area contributed by atoms with Gasteiger partial charge in [-0.15, -0.1) is 0 Å². The lowest BCUT2D eigenvalue weighted by Gasteiger charge is -2.28. The Kier molecular flexibility index (Phi) is 3.27. The molecule has 2 heterocycles. The van der Waals surface area contributed by atoms with Crippen LogP contribution in [0.1, 0.15) is 34.1 Å². The van der Waals surface area contributed by atoms with E-state index in [0.29, 0.717) is 19.3 Å². The average Bonchev–Trinajstić information content (AvgIpc) is 2.67. The molecule has 0 aliphatic carbocycles. The fourth-order valence-corrected chi connectivity index (χ4v) is 2.64. The predicted octanol–water partition coefficient (Wildman–Crippen LogP) is 1.29. The molecule has 0 amide bonds. The van der Waals surface area contributed by atoms with Gasteiger partial charge in [-0.1, -0.05) is 0 Å². The Hall–Kier alpha value is -0.160. The average molecular weight is 229 g/mol. The van der Waals surface area contributed by atoms with Crippen molar-refractivity contribution in [2.75, 3.05) is 19.8 Å². The fourth-order valence-electron chi connectivity index (χ4n) is 2.64. The van der Waals surface area contributed by atoms with Crippen LogP contribution < -0.4 is 5.32 Å². The lowest BCUT2D eigenvalue weighted by molar-refractivity contribution is -0.0742. The normalized spacial score (nSPS) is 33.4. The molecule has 2 aliphatic heterocycles. The van der Waals surface area contributed by atoms with Crippen molar-refractivity contribution < 1.29 is 14.2 Å². The molecule has 0 bridgehead atoms. The first kappa shape index (κ1) is 12.3. The second kappa shape index (κ2) is 4.26. The van der Waals surface area contributed by atoms with E-state index in [4.69, 9.17) is 14.2 Å². The molecule has 2 rings (SSSR count). The minimum atomic E-state index is -0.123. The summed E-state index contributed by atoms with van der Waals surface area (Å²) in [6, 6.07) is 0.357. The first-order valence-electron chi connectivity index (χ1n) is 6.06. The molecule has 0 spiro atoms. The Morgan fingerprint density at radius 3 is 2.25 bits per heavy atom. The molecule has 2 fully saturated rings. The van der Waals surface area contributed by atoms with Gasteiger partial charge in [-0.25, -0.2) is 0 Å². The largest absolute Gasteiger partial charge is 0.368 e. The highest BCUT2D eigenvalue weighted by atomic mass is 16.7. The Labute approximate surface area is 97.6 Å². The molecule has 1 unspecified atom stereocenters. The van der Waals surface area contributed by atoms with Gasteiger partial charge in [0.1, 0.15) is 0 Å². The molecule has 94 valence electrons. The molecule has 2 saturated heterocycles. The van der Waals surface area contributed by atoms with Gasteiger partial charge in [0.05, 0.1) is 24.4 Å². The Morgan fingerprint density at radius 2 is 1.75 bits per heavy atom. The summed E-state index contributed by atoms with van der Waals surface area (Å²) in [4.78, 5) is 0. The summed E-state index contributed by atoms with van der Waals surface area (Å²) in [6.07, 6.45) is 0.937. The maximum atomic E-state index is 6.02. The molecule has 4 heteroatoms. The molecule has 4 nitrogen and oxygen atoms in total. The summed E-state index contributed by atoms with van der Waals surface area (Å²) in [5.74, 6) is 0. The van der Waals surface area contributed by atoms with Crippen LogP contribution >= 0.6 is 0 Å². The molecule has 2 aliphatic rings. The second-order valence-corrected chi connectivity index (χ2v) is 5.80. The van der Waals surface area contributed by atoms with Gasteiger partial charge >= 0.3 is 0 Å². The van der Waals surface area contributed by atoms with E-state index in [1.54, 1.807) is 0 Å². The minimum absolute atomic E-state index is 0.0431. The van der Waals surface area contributed by atoms with E-state index in [1.807, 2.05) is 0 Å². The van der Waals surface area contributed by atoms with E-state index in [9.17, 15) is 0 Å². The van der Waals surface area contributed by atoms with Crippen molar-refractivity contribution in [2.24, 2.45) is 0 Å². The number of rotatable bonds is 3. The maximum Gasteiger partial charge on any atom is 0.170 e. The van der Waals surface area contributed by atoms with Crippen LogP contribution in [0.25, 0.3) is 0 Å². The monoisotopic (exact) mass is 229 g/mol. The molecule has 0 saturated carbocycles. The molecule has 1 atom stereocenters. The van der Waals surface area contributed by atoms with Gasteiger partial charge in [0.2, 0.25) is 0 Å². The van der Waals surface area contributed by atoms with Gasteiger partial charge in [0.25, 0.3) is 0 Å². The number of ether oxygens (including phenoxy) is 3. The quantitative estimate of drug-likeness (QED) is 0.791. The van der Waals surface area contributed by atoms with Gasteiger partial charge in [-0.2, -0.15) is 0 Å². The molecular formula is C12H23NO3. The van der Waals surface area contributed by atoms with Crippen LogP contribution in [-0.4, -0.2) is 43.3 Å². The van der Waals surface area contributed by atoms with Crippen molar-refractivity contribution in [1.82, 2.24) is 5.32 Å². The summed E-state index contributed by atoms with van der Waals surface area (Å²) in [7, 11) is 0. The Bertz CT molecular complexity index is 247. The number of hydrogen-bond acceptors (Lipinski definition) is 4. The lowest BCUT2D eigenvalue weighted by Crippen LogP contribution is -2.46. The fraction of sp³-hybridized carbons (Fsp3) is 1.00. The summed E-state index contributed by atoms with van der Waals surface area (Å²) in [5.41, 5.74) is -0.166. The molecular weight excluding hydrogens is 206 g/mol. The van der Waals surface area contributed by atoms with E-state index in [-0.39, 0.29) is 17.5 Å². The molecule has 16 heavy (non-hydrogen) atoms. The number of nitrogens with one attached hydrogen (secondary N) is 1. The van der Waals surface area contributed by atoms with Crippen molar-refractivity contribution in [2.45, 2.75) is 57.6 Å². The standard InChI is InChI=1S/C12H23NO3/c1-11(2)7-9(12(3,4)16-11)13-8-10-14-5-6-15-10/h9-10,13H,5-8H2,1-4H3. The van der Waals surface area contributed by atoms with E-state index in [2.05, 4.69) is 33.0 Å². The van der Waals surface area contributed by atoms with Gasteiger partial charge < -0.3 is 19.5 Å². The van der Waals surface area contributed by atoms with Crippen LogP contribution in [-0.2, 0) is 14.2 Å².